The molecule has 3 aromatic rings. The first-order valence-electron chi connectivity index (χ1n) is 9.06. The van der Waals surface area contributed by atoms with Crippen molar-refractivity contribution in [1.29, 1.82) is 0 Å². The highest BCUT2D eigenvalue weighted by atomic mass is 16.3. The lowest BCUT2D eigenvalue weighted by Crippen LogP contribution is -2.46. The van der Waals surface area contributed by atoms with E-state index in [9.17, 15) is 5.11 Å². The number of fused-ring (bicyclic) bond motifs is 1. The Morgan fingerprint density at radius 1 is 0.920 bits per heavy atom. The molecule has 1 atom stereocenters. The van der Waals surface area contributed by atoms with Crippen molar-refractivity contribution in [2.24, 2.45) is 0 Å². The highest BCUT2D eigenvalue weighted by Gasteiger charge is 2.17. The first kappa shape index (κ1) is 16.3. The number of rotatable bonds is 5. The maximum absolute atomic E-state index is 10.7. The van der Waals surface area contributed by atoms with E-state index in [2.05, 4.69) is 69.4 Å². The summed E-state index contributed by atoms with van der Waals surface area (Å²) < 4.78 is 2.26. The average Bonchev–Trinajstić information content (AvgIpc) is 3.02. The largest absolute Gasteiger partial charge is 0.390 e. The number of benzene rings is 2. The van der Waals surface area contributed by atoms with E-state index in [-0.39, 0.29) is 6.10 Å². The molecular weight excluding hydrogens is 310 g/mol. The maximum atomic E-state index is 10.7. The van der Waals surface area contributed by atoms with Gasteiger partial charge in [-0.25, -0.2) is 0 Å². The third-order valence-electron chi connectivity index (χ3n) is 4.95. The summed E-state index contributed by atoms with van der Waals surface area (Å²) in [6, 6.07) is 21.1. The molecule has 0 bridgehead atoms. The molecule has 1 aromatic heterocycles. The predicted molar refractivity (Wildman–Crippen MR) is 103 cm³/mol. The van der Waals surface area contributed by atoms with Crippen molar-refractivity contribution >= 4 is 10.9 Å². The van der Waals surface area contributed by atoms with Gasteiger partial charge in [0, 0.05) is 49.3 Å². The van der Waals surface area contributed by atoms with E-state index in [0.29, 0.717) is 6.54 Å². The first-order chi connectivity index (χ1) is 12.3. The zero-order valence-corrected chi connectivity index (χ0v) is 14.4. The van der Waals surface area contributed by atoms with Gasteiger partial charge in [0.2, 0.25) is 0 Å². The molecule has 2 heterocycles. The molecule has 4 rings (SSSR count). The Kier molecular flexibility index (Phi) is 4.83. The van der Waals surface area contributed by atoms with Crippen LogP contribution < -0.4 is 5.32 Å². The van der Waals surface area contributed by atoms with Crippen LogP contribution in [0.3, 0.4) is 0 Å². The van der Waals surface area contributed by atoms with Crippen LogP contribution in [0, 0.1) is 0 Å². The number of para-hydroxylation sites is 1. The third-order valence-corrected chi connectivity index (χ3v) is 4.95. The molecule has 1 fully saturated rings. The second-order valence-electron chi connectivity index (χ2n) is 6.77. The van der Waals surface area contributed by atoms with E-state index in [1.54, 1.807) is 0 Å². The molecule has 2 N–H and O–H groups in total. The Morgan fingerprint density at radius 3 is 2.44 bits per heavy atom. The van der Waals surface area contributed by atoms with Crippen LogP contribution in [-0.2, 0) is 6.54 Å². The minimum atomic E-state index is -0.378. The molecule has 0 radical (unpaired) electrons. The fourth-order valence-electron chi connectivity index (χ4n) is 3.72. The van der Waals surface area contributed by atoms with Crippen LogP contribution in [-0.4, -0.2) is 53.4 Å². The summed E-state index contributed by atoms with van der Waals surface area (Å²) in [5, 5.41) is 15.3. The smallest absolute Gasteiger partial charge is 0.0845 e. The van der Waals surface area contributed by atoms with Gasteiger partial charge in [-0.3, -0.25) is 4.90 Å². The van der Waals surface area contributed by atoms with Crippen molar-refractivity contribution in [2.45, 2.75) is 12.6 Å². The highest BCUT2D eigenvalue weighted by molar-refractivity contribution is 5.87. The molecule has 1 saturated heterocycles. The molecule has 4 nitrogen and oxygen atoms in total. The van der Waals surface area contributed by atoms with Gasteiger partial charge in [-0.2, -0.15) is 0 Å². The number of hydrogen-bond donors (Lipinski definition) is 2. The fraction of sp³-hybridized carbons (Fsp3) is 0.333. The SMILES string of the molecule is OC(CN1CCNCC1)Cn1c(-c2ccccc2)cc2ccccc21. The lowest BCUT2D eigenvalue weighted by molar-refractivity contribution is 0.0930. The summed E-state index contributed by atoms with van der Waals surface area (Å²) in [6.07, 6.45) is -0.378. The Labute approximate surface area is 148 Å². The quantitative estimate of drug-likeness (QED) is 0.753. The van der Waals surface area contributed by atoms with Crippen LogP contribution in [0.1, 0.15) is 0 Å². The normalized spacial score (nSPS) is 17.0. The van der Waals surface area contributed by atoms with E-state index < -0.39 is 0 Å². The van der Waals surface area contributed by atoms with Crippen molar-refractivity contribution in [3.63, 3.8) is 0 Å². The van der Waals surface area contributed by atoms with Crippen LogP contribution in [0.5, 0.6) is 0 Å². The monoisotopic (exact) mass is 335 g/mol. The molecule has 2 aromatic carbocycles. The van der Waals surface area contributed by atoms with E-state index in [1.165, 1.54) is 22.2 Å². The first-order valence-corrected chi connectivity index (χ1v) is 9.06. The molecule has 0 spiro atoms. The Morgan fingerprint density at radius 2 is 1.64 bits per heavy atom. The van der Waals surface area contributed by atoms with Gasteiger partial charge in [-0.1, -0.05) is 48.5 Å². The number of aliphatic hydroxyl groups excluding tert-OH is 1. The zero-order valence-electron chi connectivity index (χ0n) is 14.4. The van der Waals surface area contributed by atoms with Crippen LogP contribution in [0.4, 0.5) is 0 Å². The van der Waals surface area contributed by atoms with Gasteiger partial charge in [0.15, 0.2) is 0 Å². The van der Waals surface area contributed by atoms with E-state index in [1.807, 2.05) is 6.07 Å². The maximum Gasteiger partial charge on any atom is 0.0845 e. The Hall–Kier alpha value is -2.14. The molecule has 1 aliphatic heterocycles. The van der Waals surface area contributed by atoms with Crippen LogP contribution in [0.15, 0.2) is 60.7 Å². The molecule has 4 heteroatoms. The molecule has 1 aliphatic rings. The topological polar surface area (TPSA) is 40.4 Å². The van der Waals surface area contributed by atoms with Crippen molar-refractivity contribution < 1.29 is 5.11 Å². The number of piperazine rings is 1. The van der Waals surface area contributed by atoms with Gasteiger partial charge >= 0.3 is 0 Å². The van der Waals surface area contributed by atoms with Crippen molar-refractivity contribution in [3.8, 4) is 11.3 Å². The van der Waals surface area contributed by atoms with Gasteiger partial charge in [0.1, 0.15) is 0 Å². The van der Waals surface area contributed by atoms with Gasteiger partial charge in [-0.15, -0.1) is 0 Å². The molecular formula is C21H25N3O. The second kappa shape index (κ2) is 7.40. The predicted octanol–water partition coefficient (Wildman–Crippen LogP) is 2.57. The lowest BCUT2D eigenvalue weighted by Gasteiger charge is -2.29. The lowest BCUT2D eigenvalue weighted by atomic mass is 10.1. The van der Waals surface area contributed by atoms with E-state index >= 15 is 0 Å². The van der Waals surface area contributed by atoms with Crippen LogP contribution in [0.2, 0.25) is 0 Å². The van der Waals surface area contributed by atoms with E-state index in [0.717, 1.165) is 32.7 Å². The summed E-state index contributed by atoms with van der Waals surface area (Å²) in [5.41, 5.74) is 3.54. The number of hydrogen-bond acceptors (Lipinski definition) is 3. The molecule has 0 amide bonds. The number of nitrogens with zero attached hydrogens (tertiary/aromatic N) is 2. The summed E-state index contributed by atoms with van der Waals surface area (Å²) in [7, 11) is 0. The Bertz CT molecular complexity index is 822. The van der Waals surface area contributed by atoms with Crippen molar-refractivity contribution in [1.82, 2.24) is 14.8 Å². The van der Waals surface area contributed by atoms with Gasteiger partial charge < -0.3 is 15.0 Å². The highest BCUT2D eigenvalue weighted by Crippen LogP contribution is 2.28. The molecule has 0 saturated carbocycles. The van der Waals surface area contributed by atoms with E-state index in [4.69, 9.17) is 0 Å². The fourth-order valence-corrected chi connectivity index (χ4v) is 3.72. The van der Waals surface area contributed by atoms with Gasteiger partial charge in [-0.05, 0) is 17.7 Å². The van der Waals surface area contributed by atoms with Crippen molar-refractivity contribution in [3.05, 3.63) is 60.7 Å². The summed E-state index contributed by atoms with van der Waals surface area (Å²) >= 11 is 0. The molecule has 130 valence electrons. The summed E-state index contributed by atoms with van der Waals surface area (Å²) in [4.78, 5) is 2.34. The summed E-state index contributed by atoms with van der Waals surface area (Å²) in [5.74, 6) is 0. The third kappa shape index (κ3) is 3.61. The minimum absolute atomic E-state index is 0.378. The van der Waals surface area contributed by atoms with Crippen LogP contribution in [0.25, 0.3) is 22.2 Å². The Balaban J connectivity index is 1.63. The zero-order chi connectivity index (χ0) is 17.1. The number of aromatic nitrogens is 1. The molecule has 25 heavy (non-hydrogen) atoms. The van der Waals surface area contributed by atoms with Gasteiger partial charge in [0.05, 0.1) is 12.6 Å². The average molecular weight is 335 g/mol. The molecule has 1 unspecified atom stereocenters. The second-order valence-corrected chi connectivity index (χ2v) is 6.77. The number of β-amino-alcohol motifs (C(OH)–C–C–N with tert-alkyl or cyclic N) is 1. The number of aliphatic hydroxyl groups is 1. The molecule has 0 aliphatic carbocycles. The van der Waals surface area contributed by atoms with Crippen LogP contribution >= 0.6 is 0 Å². The standard InChI is InChI=1S/C21H25N3O/c25-19(15-23-12-10-22-11-13-23)16-24-20-9-5-4-8-18(20)14-21(24)17-6-2-1-3-7-17/h1-9,14,19,22,25H,10-13,15-16H2. The minimum Gasteiger partial charge on any atom is -0.390 e. The summed E-state index contributed by atoms with van der Waals surface area (Å²) in [6.45, 7) is 5.37. The van der Waals surface area contributed by atoms with Crippen molar-refractivity contribution in [2.75, 3.05) is 32.7 Å². The number of nitrogens with one attached hydrogen (secondary N) is 1. The van der Waals surface area contributed by atoms with Gasteiger partial charge in [0.25, 0.3) is 0 Å².